The van der Waals surface area contributed by atoms with Crippen LogP contribution in [0.25, 0.3) is 0 Å². The lowest BCUT2D eigenvalue weighted by Crippen LogP contribution is -2.60. The Kier molecular flexibility index (Phi) is 2.96. The number of hydrogen-bond acceptors (Lipinski definition) is 2. The Morgan fingerprint density at radius 2 is 1.80 bits per heavy atom. The summed E-state index contributed by atoms with van der Waals surface area (Å²) in [4.78, 5) is 0. The van der Waals surface area contributed by atoms with Gasteiger partial charge in [-0.3, -0.25) is 0 Å². The second-order valence-corrected chi connectivity index (χ2v) is 6.44. The van der Waals surface area contributed by atoms with Crippen molar-refractivity contribution < 1.29 is 13.2 Å². The number of aromatic nitrogens is 1. The monoisotopic (exact) mass is 287 g/mol. The molecular weight excluding hydrogens is 267 g/mol. The van der Waals surface area contributed by atoms with Crippen molar-refractivity contribution >= 4 is 0 Å². The highest BCUT2D eigenvalue weighted by atomic mass is 19.4. The highest BCUT2D eigenvalue weighted by molar-refractivity contribution is 5.31. The van der Waals surface area contributed by atoms with E-state index in [-0.39, 0.29) is 5.54 Å². The minimum Gasteiger partial charge on any atom is -0.332 e. The molecule has 1 saturated heterocycles. The fraction of sp³-hybridized carbons (Fsp3) is 0.714. The Morgan fingerprint density at radius 1 is 1.15 bits per heavy atom. The van der Waals surface area contributed by atoms with Gasteiger partial charge in [-0.05, 0) is 51.9 Å². The van der Waals surface area contributed by atoms with Gasteiger partial charge in [-0.2, -0.15) is 13.2 Å². The predicted molar refractivity (Wildman–Crippen MR) is 70.5 cm³/mol. The zero-order valence-electron chi connectivity index (χ0n) is 11.8. The minimum absolute atomic E-state index is 0.315. The average Bonchev–Trinajstić information content (AvgIpc) is 2.83. The predicted octanol–water partition coefficient (Wildman–Crippen LogP) is 2.42. The van der Waals surface area contributed by atoms with Crippen molar-refractivity contribution in [2.75, 3.05) is 19.6 Å². The highest BCUT2D eigenvalue weighted by Gasteiger charge is 2.47. The molecule has 1 aromatic heterocycles. The molecule has 112 valence electrons. The molecule has 1 spiro atoms. The third-order valence-corrected chi connectivity index (χ3v) is 4.58. The Balaban J connectivity index is 2.15. The molecule has 3 nitrogen and oxygen atoms in total. The number of hydrogen-bond donors (Lipinski definition) is 2. The van der Waals surface area contributed by atoms with Gasteiger partial charge >= 0.3 is 6.18 Å². The van der Waals surface area contributed by atoms with E-state index < -0.39 is 17.4 Å². The summed E-state index contributed by atoms with van der Waals surface area (Å²) in [6, 6.07) is 2.88. The standard InChI is InChI=1S/C14H20F3N3/c1-12(2)9-19-13(5-7-18-8-6-13)10-3-4-11(20(10)12)14(15,16)17/h3-4,18-19H,5-9H2,1-2H3. The van der Waals surface area contributed by atoms with Crippen molar-refractivity contribution in [3.63, 3.8) is 0 Å². The van der Waals surface area contributed by atoms with Gasteiger partial charge in [0.2, 0.25) is 0 Å². The summed E-state index contributed by atoms with van der Waals surface area (Å²) in [5, 5.41) is 6.79. The molecule has 3 heterocycles. The van der Waals surface area contributed by atoms with Gasteiger partial charge in [0.25, 0.3) is 0 Å². The van der Waals surface area contributed by atoms with Crippen molar-refractivity contribution in [1.29, 1.82) is 0 Å². The van der Waals surface area contributed by atoms with Crippen LogP contribution in [-0.4, -0.2) is 24.2 Å². The number of nitrogens with zero attached hydrogens (tertiary/aromatic N) is 1. The molecule has 3 rings (SSSR count). The number of alkyl halides is 3. The molecule has 2 N–H and O–H groups in total. The van der Waals surface area contributed by atoms with E-state index in [2.05, 4.69) is 10.6 Å². The molecule has 2 aliphatic rings. The normalized spacial score (nSPS) is 24.6. The maximum Gasteiger partial charge on any atom is 0.431 e. The van der Waals surface area contributed by atoms with E-state index in [0.29, 0.717) is 6.54 Å². The number of rotatable bonds is 0. The van der Waals surface area contributed by atoms with Gasteiger partial charge in [0.15, 0.2) is 0 Å². The second kappa shape index (κ2) is 4.24. The van der Waals surface area contributed by atoms with E-state index >= 15 is 0 Å². The van der Waals surface area contributed by atoms with Crippen LogP contribution in [0, 0.1) is 0 Å². The maximum atomic E-state index is 13.3. The van der Waals surface area contributed by atoms with Gasteiger partial charge in [-0.25, -0.2) is 0 Å². The molecule has 0 saturated carbocycles. The zero-order chi connectivity index (χ0) is 14.6. The topological polar surface area (TPSA) is 29.0 Å². The Morgan fingerprint density at radius 3 is 2.40 bits per heavy atom. The molecule has 0 aliphatic carbocycles. The Hall–Kier alpha value is -1.01. The fourth-order valence-electron chi connectivity index (χ4n) is 3.53. The molecule has 6 heteroatoms. The third-order valence-electron chi connectivity index (χ3n) is 4.58. The molecular formula is C14H20F3N3. The van der Waals surface area contributed by atoms with E-state index in [1.54, 1.807) is 6.07 Å². The molecule has 0 radical (unpaired) electrons. The third kappa shape index (κ3) is 1.97. The van der Waals surface area contributed by atoms with Gasteiger partial charge < -0.3 is 15.2 Å². The maximum absolute atomic E-state index is 13.3. The van der Waals surface area contributed by atoms with Crippen LogP contribution < -0.4 is 10.6 Å². The van der Waals surface area contributed by atoms with Crippen molar-refractivity contribution in [3.8, 4) is 0 Å². The Labute approximate surface area is 116 Å². The summed E-state index contributed by atoms with van der Waals surface area (Å²) in [5.41, 5.74) is -0.635. The minimum atomic E-state index is -4.30. The first kappa shape index (κ1) is 13.9. The van der Waals surface area contributed by atoms with E-state index in [0.717, 1.165) is 31.6 Å². The molecule has 0 unspecified atom stereocenters. The van der Waals surface area contributed by atoms with Crippen LogP contribution in [0.2, 0.25) is 0 Å². The number of nitrogens with one attached hydrogen (secondary N) is 2. The van der Waals surface area contributed by atoms with Crippen LogP contribution in [0.4, 0.5) is 13.2 Å². The molecule has 20 heavy (non-hydrogen) atoms. The summed E-state index contributed by atoms with van der Waals surface area (Å²) in [5.74, 6) is 0. The first-order valence-electron chi connectivity index (χ1n) is 7.02. The summed E-state index contributed by atoms with van der Waals surface area (Å²) in [6.45, 7) is 5.93. The number of fused-ring (bicyclic) bond motifs is 2. The highest BCUT2D eigenvalue weighted by Crippen LogP contribution is 2.43. The molecule has 1 fully saturated rings. The molecule has 0 amide bonds. The molecule has 0 atom stereocenters. The van der Waals surface area contributed by atoms with Gasteiger partial charge in [-0.15, -0.1) is 0 Å². The van der Waals surface area contributed by atoms with Gasteiger partial charge in [-0.1, -0.05) is 0 Å². The van der Waals surface area contributed by atoms with Gasteiger partial charge in [0.1, 0.15) is 5.69 Å². The molecule has 0 aromatic carbocycles. The molecule has 1 aromatic rings. The van der Waals surface area contributed by atoms with Gasteiger partial charge in [0.05, 0.1) is 11.1 Å². The SMILES string of the molecule is CC1(C)CNC2(CCNCC2)c2ccc(C(F)(F)F)n21. The lowest BCUT2D eigenvalue weighted by molar-refractivity contribution is -0.146. The lowest BCUT2D eigenvalue weighted by Gasteiger charge is -2.49. The van der Waals surface area contributed by atoms with Gasteiger partial charge in [0, 0.05) is 12.2 Å². The van der Waals surface area contributed by atoms with E-state index in [1.807, 2.05) is 13.8 Å². The summed E-state index contributed by atoms with van der Waals surface area (Å²) >= 11 is 0. The van der Waals surface area contributed by atoms with Crippen molar-refractivity contribution in [2.45, 2.75) is 43.9 Å². The van der Waals surface area contributed by atoms with E-state index in [1.165, 1.54) is 10.6 Å². The number of piperidine rings is 1. The molecule has 2 aliphatic heterocycles. The van der Waals surface area contributed by atoms with E-state index in [4.69, 9.17) is 0 Å². The first-order valence-corrected chi connectivity index (χ1v) is 7.02. The van der Waals surface area contributed by atoms with Crippen molar-refractivity contribution in [1.82, 2.24) is 15.2 Å². The second-order valence-electron chi connectivity index (χ2n) is 6.44. The fourth-order valence-corrected chi connectivity index (χ4v) is 3.53. The van der Waals surface area contributed by atoms with Crippen LogP contribution in [0.3, 0.4) is 0 Å². The zero-order valence-corrected chi connectivity index (χ0v) is 11.8. The summed E-state index contributed by atoms with van der Waals surface area (Å²) in [6.07, 6.45) is -2.66. The molecule has 0 bridgehead atoms. The van der Waals surface area contributed by atoms with E-state index in [9.17, 15) is 13.2 Å². The quantitative estimate of drug-likeness (QED) is 0.767. The van der Waals surface area contributed by atoms with Crippen LogP contribution in [0.5, 0.6) is 0 Å². The van der Waals surface area contributed by atoms with Crippen LogP contribution in [-0.2, 0) is 17.3 Å². The smallest absolute Gasteiger partial charge is 0.332 e. The van der Waals surface area contributed by atoms with Crippen LogP contribution >= 0.6 is 0 Å². The number of halogens is 3. The summed E-state index contributed by atoms with van der Waals surface area (Å²) in [7, 11) is 0. The first-order chi connectivity index (χ1) is 9.26. The van der Waals surface area contributed by atoms with Crippen LogP contribution in [0.1, 0.15) is 38.1 Å². The van der Waals surface area contributed by atoms with Crippen molar-refractivity contribution in [3.05, 3.63) is 23.5 Å². The average molecular weight is 287 g/mol. The van der Waals surface area contributed by atoms with Crippen LogP contribution in [0.15, 0.2) is 12.1 Å². The van der Waals surface area contributed by atoms with Crippen molar-refractivity contribution in [2.24, 2.45) is 0 Å². The Bertz CT molecular complexity index is 510. The lowest BCUT2D eigenvalue weighted by atomic mass is 9.81. The largest absolute Gasteiger partial charge is 0.431 e. The summed E-state index contributed by atoms with van der Waals surface area (Å²) < 4.78 is 41.3.